The topological polar surface area (TPSA) is 38.0 Å². The average molecular weight is 218 g/mol. The van der Waals surface area contributed by atoms with E-state index in [1.165, 1.54) is 15.8 Å². The fourth-order valence-corrected chi connectivity index (χ4v) is 2.64. The fourth-order valence-electron chi connectivity index (χ4n) is 1.72. The summed E-state index contributed by atoms with van der Waals surface area (Å²) in [6, 6.07) is 8.47. The van der Waals surface area contributed by atoms with Gasteiger partial charge in [0.2, 0.25) is 0 Å². The first kappa shape index (κ1) is 9.19. The van der Waals surface area contributed by atoms with Gasteiger partial charge in [0.1, 0.15) is 0 Å². The van der Waals surface area contributed by atoms with Gasteiger partial charge >= 0.3 is 0 Å². The normalized spacial score (nSPS) is 17.9. The van der Waals surface area contributed by atoms with E-state index in [4.69, 9.17) is 5.73 Å². The quantitative estimate of drug-likeness (QED) is 0.831. The lowest BCUT2D eigenvalue weighted by Crippen LogP contribution is -2.30. The smallest absolute Gasteiger partial charge is 0.0529 e. The van der Waals surface area contributed by atoms with E-state index in [1.807, 2.05) is 0 Å². The molecule has 0 atom stereocenters. The SMILES string of the molecule is NC1(CNc2csc3ccccc23)CC1. The number of nitrogens with one attached hydrogen (secondary N) is 1. The second kappa shape index (κ2) is 3.22. The van der Waals surface area contributed by atoms with Gasteiger partial charge in [-0.2, -0.15) is 0 Å². The third kappa shape index (κ3) is 1.73. The van der Waals surface area contributed by atoms with Gasteiger partial charge in [-0.3, -0.25) is 0 Å². The van der Waals surface area contributed by atoms with Gasteiger partial charge in [-0.05, 0) is 18.9 Å². The number of anilines is 1. The second-order valence-electron chi connectivity index (χ2n) is 4.36. The minimum absolute atomic E-state index is 0.0725. The number of fused-ring (bicyclic) bond motifs is 1. The standard InChI is InChI=1S/C12H14N2S/c13-12(5-6-12)8-14-10-7-15-11-4-2-1-3-9(10)11/h1-4,7,14H,5-6,8,13H2. The third-order valence-corrected chi connectivity index (χ3v) is 3.97. The van der Waals surface area contributed by atoms with Crippen molar-refractivity contribution < 1.29 is 0 Å². The highest BCUT2D eigenvalue weighted by molar-refractivity contribution is 7.17. The highest BCUT2D eigenvalue weighted by Gasteiger charge is 2.37. The molecule has 1 heterocycles. The first-order valence-electron chi connectivity index (χ1n) is 5.26. The molecule has 1 aliphatic rings. The summed E-state index contributed by atoms with van der Waals surface area (Å²) in [7, 11) is 0. The van der Waals surface area contributed by atoms with E-state index in [9.17, 15) is 0 Å². The average Bonchev–Trinajstić information content (AvgIpc) is 2.86. The van der Waals surface area contributed by atoms with Crippen LogP contribution in [0.25, 0.3) is 10.1 Å². The van der Waals surface area contributed by atoms with Crippen molar-refractivity contribution in [2.75, 3.05) is 11.9 Å². The van der Waals surface area contributed by atoms with Crippen LogP contribution in [0.3, 0.4) is 0 Å². The highest BCUT2D eigenvalue weighted by atomic mass is 32.1. The summed E-state index contributed by atoms with van der Waals surface area (Å²) in [5.41, 5.74) is 7.35. The molecule has 1 saturated carbocycles. The maximum Gasteiger partial charge on any atom is 0.0529 e. The lowest BCUT2D eigenvalue weighted by atomic mass is 10.2. The van der Waals surface area contributed by atoms with Gasteiger partial charge in [0.05, 0.1) is 5.69 Å². The molecule has 0 radical (unpaired) electrons. The van der Waals surface area contributed by atoms with Crippen molar-refractivity contribution >= 4 is 27.1 Å². The Morgan fingerprint density at radius 1 is 1.33 bits per heavy atom. The fraction of sp³-hybridized carbons (Fsp3) is 0.333. The van der Waals surface area contributed by atoms with E-state index in [1.54, 1.807) is 11.3 Å². The molecule has 0 bridgehead atoms. The molecule has 78 valence electrons. The van der Waals surface area contributed by atoms with Gasteiger partial charge in [-0.25, -0.2) is 0 Å². The second-order valence-corrected chi connectivity index (χ2v) is 5.27. The zero-order valence-corrected chi connectivity index (χ0v) is 9.31. The lowest BCUT2D eigenvalue weighted by molar-refractivity contribution is 0.714. The molecule has 2 aromatic rings. The molecule has 3 N–H and O–H groups in total. The molecule has 3 heteroatoms. The number of rotatable bonds is 3. The molecule has 1 aromatic carbocycles. The van der Waals surface area contributed by atoms with Crippen LogP contribution in [0, 0.1) is 0 Å². The van der Waals surface area contributed by atoms with Gasteiger partial charge in [0, 0.05) is 27.5 Å². The molecule has 2 nitrogen and oxygen atoms in total. The summed E-state index contributed by atoms with van der Waals surface area (Å²) in [6.45, 7) is 0.897. The molecule has 0 amide bonds. The van der Waals surface area contributed by atoms with E-state index < -0.39 is 0 Å². The van der Waals surface area contributed by atoms with E-state index in [0.29, 0.717) is 0 Å². The Bertz CT molecular complexity index is 485. The Hall–Kier alpha value is -1.06. The molecular weight excluding hydrogens is 204 g/mol. The van der Waals surface area contributed by atoms with E-state index in [-0.39, 0.29) is 5.54 Å². The van der Waals surface area contributed by atoms with Gasteiger partial charge < -0.3 is 11.1 Å². The van der Waals surface area contributed by atoms with Crippen LogP contribution in [0.5, 0.6) is 0 Å². The van der Waals surface area contributed by atoms with E-state index in [2.05, 4.69) is 35.0 Å². The monoisotopic (exact) mass is 218 g/mol. The lowest BCUT2D eigenvalue weighted by Gasteiger charge is -2.10. The van der Waals surface area contributed by atoms with Crippen molar-refractivity contribution in [2.45, 2.75) is 18.4 Å². The molecule has 0 spiro atoms. The molecule has 0 aliphatic heterocycles. The van der Waals surface area contributed by atoms with Crippen molar-refractivity contribution in [1.29, 1.82) is 0 Å². The Kier molecular flexibility index (Phi) is 1.97. The van der Waals surface area contributed by atoms with Gasteiger partial charge in [-0.1, -0.05) is 18.2 Å². The number of hydrogen-bond acceptors (Lipinski definition) is 3. The van der Waals surface area contributed by atoms with Crippen LogP contribution in [0.1, 0.15) is 12.8 Å². The van der Waals surface area contributed by atoms with Crippen LogP contribution >= 0.6 is 11.3 Å². The van der Waals surface area contributed by atoms with Crippen LogP contribution in [0.2, 0.25) is 0 Å². The zero-order chi connectivity index (χ0) is 10.3. The maximum atomic E-state index is 6.05. The number of nitrogens with two attached hydrogens (primary N) is 1. The first-order chi connectivity index (χ1) is 7.27. The van der Waals surface area contributed by atoms with Crippen LogP contribution in [-0.2, 0) is 0 Å². The molecule has 1 aromatic heterocycles. The minimum Gasteiger partial charge on any atom is -0.382 e. The zero-order valence-electron chi connectivity index (χ0n) is 8.49. The predicted molar refractivity (Wildman–Crippen MR) is 66.5 cm³/mol. The van der Waals surface area contributed by atoms with Crippen molar-refractivity contribution in [3.63, 3.8) is 0 Å². The van der Waals surface area contributed by atoms with Gasteiger partial charge in [0.25, 0.3) is 0 Å². The summed E-state index contributed by atoms with van der Waals surface area (Å²) in [5, 5.41) is 6.94. The molecule has 1 aliphatic carbocycles. The van der Waals surface area contributed by atoms with Crippen molar-refractivity contribution in [3.8, 4) is 0 Å². The van der Waals surface area contributed by atoms with Crippen molar-refractivity contribution in [1.82, 2.24) is 0 Å². The summed E-state index contributed by atoms with van der Waals surface area (Å²) >= 11 is 1.78. The Morgan fingerprint density at radius 2 is 2.13 bits per heavy atom. The number of thiophene rings is 1. The molecular formula is C12H14N2S. The van der Waals surface area contributed by atoms with E-state index >= 15 is 0 Å². The van der Waals surface area contributed by atoms with Crippen LogP contribution < -0.4 is 11.1 Å². The minimum atomic E-state index is 0.0725. The first-order valence-corrected chi connectivity index (χ1v) is 6.14. The van der Waals surface area contributed by atoms with Crippen LogP contribution in [-0.4, -0.2) is 12.1 Å². The Labute approximate surface area is 93.1 Å². The summed E-state index contributed by atoms with van der Waals surface area (Å²) < 4.78 is 1.34. The van der Waals surface area contributed by atoms with Crippen molar-refractivity contribution in [2.24, 2.45) is 5.73 Å². The number of benzene rings is 1. The molecule has 15 heavy (non-hydrogen) atoms. The Morgan fingerprint density at radius 3 is 2.93 bits per heavy atom. The summed E-state index contributed by atoms with van der Waals surface area (Å²) in [6.07, 6.45) is 2.31. The predicted octanol–water partition coefficient (Wildman–Crippen LogP) is 2.80. The molecule has 0 saturated heterocycles. The third-order valence-electron chi connectivity index (χ3n) is 3.00. The van der Waals surface area contributed by atoms with Gasteiger partial charge in [-0.15, -0.1) is 11.3 Å². The van der Waals surface area contributed by atoms with Crippen LogP contribution in [0.4, 0.5) is 5.69 Å². The summed E-state index contributed by atoms with van der Waals surface area (Å²) in [4.78, 5) is 0. The van der Waals surface area contributed by atoms with E-state index in [0.717, 1.165) is 19.4 Å². The van der Waals surface area contributed by atoms with Gasteiger partial charge in [0.15, 0.2) is 0 Å². The highest BCUT2D eigenvalue weighted by Crippen LogP contribution is 2.34. The Balaban J connectivity index is 1.84. The van der Waals surface area contributed by atoms with Crippen molar-refractivity contribution in [3.05, 3.63) is 29.6 Å². The molecule has 0 unspecified atom stereocenters. The van der Waals surface area contributed by atoms with Crippen LogP contribution in [0.15, 0.2) is 29.6 Å². The maximum absolute atomic E-state index is 6.05. The molecule has 1 fully saturated rings. The summed E-state index contributed by atoms with van der Waals surface area (Å²) in [5.74, 6) is 0. The largest absolute Gasteiger partial charge is 0.382 e. The molecule has 3 rings (SSSR count). The number of hydrogen-bond donors (Lipinski definition) is 2.